The second-order valence-corrected chi connectivity index (χ2v) is 8.49. The summed E-state index contributed by atoms with van der Waals surface area (Å²) in [5.74, 6) is 1.59. The number of ether oxygens (including phenoxy) is 3. The number of fused-ring (bicyclic) bond motifs is 1. The monoisotopic (exact) mass is 443 g/mol. The molecule has 1 amide bonds. The van der Waals surface area contributed by atoms with E-state index in [0.717, 1.165) is 43.7 Å². The van der Waals surface area contributed by atoms with Crippen molar-refractivity contribution in [3.63, 3.8) is 0 Å². The molecule has 1 unspecified atom stereocenters. The van der Waals surface area contributed by atoms with Crippen LogP contribution in [0.1, 0.15) is 25.3 Å². The molecular formula is C24H30FN3O4. The number of amides is 1. The maximum Gasteiger partial charge on any atom is 0.221 e. The molecule has 7 nitrogen and oxygen atoms in total. The summed E-state index contributed by atoms with van der Waals surface area (Å²) in [7, 11) is 1.58. The van der Waals surface area contributed by atoms with Crippen molar-refractivity contribution in [1.82, 2.24) is 4.90 Å². The molecule has 32 heavy (non-hydrogen) atoms. The number of hydrogen-bond donors (Lipinski definition) is 2. The molecule has 2 aromatic carbocycles. The summed E-state index contributed by atoms with van der Waals surface area (Å²) in [5.41, 5.74) is 7.36. The third-order valence-corrected chi connectivity index (χ3v) is 6.29. The first kappa shape index (κ1) is 22.4. The molecule has 1 fully saturated rings. The standard InChI is InChI=1S/C24H30FN3O4/c1-16(29)27-21-5-4-20(30-2)12-23(21)31-15-19(14-26)28-9-7-24(8-10-28)13-17-11-18(25)3-6-22(17)32-24/h3-6,11-12,19H,7-10,13-15,26H2,1-2H3,(H,27,29). The normalized spacial score (nSPS) is 18.0. The van der Waals surface area contributed by atoms with Gasteiger partial charge in [-0.15, -0.1) is 0 Å². The number of methoxy groups -OCH3 is 1. The van der Waals surface area contributed by atoms with Crippen LogP contribution in [0.2, 0.25) is 0 Å². The molecule has 8 heteroatoms. The molecule has 2 aliphatic heterocycles. The minimum Gasteiger partial charge on any atom is -0.497 e. The van der Waals surface area contributed by atoms with Crippen LogP contribution in [0.15, 0.2) is 36.4 Å². The second-order valence-electron chi connectivity index (χ2n) is 8.49. The molecule has 4 rings (SSSR count). The Kier molecular flexibility index (Phi) is 6.53. The van der Waals surface area contributed by atoms with Crippen molar-refractivity contribution in [2.45, 2.75) is 37.8 Å². The van der Waals surface area contributed by atoms with Gasteiger partial charge in [-0.1, -0.05) is 0 Å². The maximum atomic E-state index is 13.6. The highest BCUT2D eigenvalue weighted by molar-refractivity contribution is 5.90. The Morgan fingerprint density at radius 3 is 2.75 bits per heavy atom. The lowest BCUT2D eigenvalue weighted by Gasteiger charge is -2.41. The molecule has 1 saturated heterocycles. The van der Waals surface area contributed by atoms with E-state index in [9.17, 15) is 9.18 Å². The van der Waals surface area contributed by atoms with E-state index in [-0.39, 0.29) is 23.4 Å². The molecular weight excluding hydrogens is 413 g/mol. The van der Waals surface area contributed by atoms with Crippen molar-refractivity contribution in [3.8, 4) is 17.2 Å². The predicted molar refractivity (Wildman–Crippen MR) is 120 cm³/mol. The summed E-state index contributed by atoms with van der Waals surface area (Å²) < 4.78 is 31.2. The number of halogens is 1. The van der Waals surface area contributed by atoms with Gasteiger partial charge in [-0.05, 0) is 30.3 Å². The van der Waals surface area contributed by atoms with Gasteiger partial charge in [0, 0.05) is 57.5 Å². The first-order valence-electron chi connectivity index (χ1n) is 10.9. The largest absolute Gasteiger partial charge is 0.497 e. The fourth-order valence-electron chi connectivity index (χ4n) is 4.53. The van der Waals surface area contributed by atoms with E-state index in [1.807, 2.05) is 0 Å². The van der Waals surface area contributed by atoms with Gasteiger partial charge >= 0.3 is 0 Å². The van der Waals surface area contributed by atoms with Gasteiger partial charge in [0.25, 0.3) is 0 Å². The second kappa shape index (κ2) is 9.34. The highest BCUT2D eigenvalue weighted by Gasteiger charge is 2.43. The third kappa shape index (κ3) is 4.81. The van der Waals surface area contributed by atoms with Crippen molar-refractivity contribution in [3.05, 3.63) is 47.8 Å². The van der Waals surface area contributed by atoms with Crippen LogP contribution in [0.4, 0.5) is 10.1 Å². The summed E-state index contributed by atoms with van der Waals surface area (Å²) in [4.78, 5) is 13.8. The number of likely N-dealkylation sites (tertiary alicyclic amines) is 1. The fraction of sp³-hybridized carbons (Fsp3) is 0.458. The van der Waals surface area contributed by atoms with E-state index in [2.05, 4.69) is 10.2 Å². The predicted octanol–water partition coefficient (Wildman–Crippen LogP) is 2.97. The summed E-state index contributed by atoms with van der Waals surface area (Å²) in [6, 6.07) is 10.1. The van der Waals surface area contributed by atoms with Crippen LogP contribution in [-0.2, 0) is 11.2 Å². The number of anilines is 1. The zero-order valence-corrected chi connectivity index (χ0v) is 18.5. The minimum absolute atomic E-state index is 0.0185. The van der Waals surface area contributed by atoms with Gasteiger partial charge in [0.1, 0.15) is 35.3 Å². The third-order valence-electron chi connectivity index (χ3n) is 6.29. The van der Waals surface area contributed by atoms with Crippen LogP contribution >= 0.6 is 0 Å². The summed E-state index contributed by atoms with van der Waals surface area (Å²) in [6.07, 6.45) is 2.42. The quantitative estimate of drug-likeness (QED) is 0.684. The number of carbonyl (C=O) groups excluding carboxylic acids is 1. The molecule has 1 spiro atoms. The van der Waals surface area contributed by atoms with Crippen LogP contribution < -0.4 is 25.3 Å². The molecule has 1 atom stereocenters. The highest BCUT2D eigenvalue weighted by atomic mass is 19.1. The average Bonchev–Trinajstić information content (AvgIpc) is 3.12. The fourth-order valence-corrected chi connectivity index (χ4v) is 4.53. The Balaban J connectivity index is 1.37. The molecule has 0 aliphatic carbocycles. The number of carbonyl (C=O) groups is 1. The van der Waals surface area contributed by atoms with Crippen LogP contribution in [0.3, 0.4) is 0 Å². The summed E-state index contributed by atoms with van der Waals surface area (Å²) in [6.45, 7) is 3.92. The Morgan fingerprint density at radius 1 is 1.28 bits per heavy atom. The summed E-state index contributed by atoms with van der Waals surface area (Å²) >= 11 is 0. The van der Waals surface area contributed by atoms with Crippen molar-refractivity contribution in [2.24, 2.45) is 5.73 Å². The van der Waals surface area contributed by atoms with Gasteiger partial charge < -0.3 is 25.3 Å². The van der Waals surface area contributed by atoms with Crippen LogP contribution in [0.25, 0.3) is 0 Å². The van der Waals surface area contributed by atoms with Gasteiger partial charge in [0.15, 0.2) is 0 Å². The first-order valence-corrected chi connectivity index (χ1v) is 10.9. The van der Waals surface area contributed by atoms with Gasteiger partial charge in [-0.2, -0.15) is 0 Å². The molecule has 0 aromatic heterocycles. The van der Waals surface area contributed by atoms with Gasteiger partial charge in [-0.25, -0.2) is 4.39 Å². The number of hydrogen-bond acceptors (Lipinski definition) is 6. The Morgan fingerprint density at radius 2 is 2.06 bits per heavy atom. The molecule has 0 radical (unpaired) electrons. The number of nitrogens with two attached hydrogens (primary N) is 1. The highest BCUT2D eigenvalue weighted by Crippen LogP contribution is 2.41. The molecule has 2 aromatic rings. The molecule has 0 saturated carbocycles. The van der Waals surface area contributed by atoms with E-state index < -0.39 is 0 Å². The van der Waals surface area contributed by atoms with E-state index >= 15 is 0 Å². The number of nitrogens with zero attached hydrogens (tertiary/aromatic N) is 1. The zero-order valence-electron chi connectivity index (χ0n) is 18.5. The first-order chi connectivity index (χ1) is 15.4. The zero-order chi connectivity index (χ0) is 22.7. The molecule has 2 aliphatic rings. The van der Waals surface area contributed by atoms with E-state index in [4.69, 9.17) is 19.9 Å². The van der Waals surface area contributed by atoms with Crippen LogP contribution in [0.5, 0.6) is 17.2 Å². The molecule has 0 bridgehead atoms. The van der Waals surface area contributed by atoms with Crippen molar-refractivity contribution in [1.29, 1.82) is 0 Å². The number of benzene rings is 2. The van der Waals surface area contributed by atoms with Crippen molar-refractivity contribution >= 4 is 11.6 Å². The van der Waals surface area contributed by atoms with Crippen molar-refractivity contribution in [2.75, 3.05) is 38.7 Å². The Labute approximate surface area is 187 Å². The van der Waals surface area contributed by atoms with E-state index in [1.165, 1.54) is 13.0 Å². The summed E-state index contributed by atoms with van der Waals surface area (Å²) in [5, 5.41) is 2.78. The molecule has 172 valence electrons. The minimum atomic E-state index is -0.266. The SMILES string of the molecule is COc1ccc(NC(C)=O)c(OCC(CN)N2CCC3(CC2)Cc2cc(F)ccc2O3)c1. The van der Waals surface area contributed by atoms with Gasteiger partial charge in [0.2, 0.25) is 5.91 Å². The van der Waals surface area contributed by atoms with E-state index in [0.29, 0.717) is 30.3 Å². The maximum absolute atomic E-state index is 13.6. The number of piperidine rings is 1. The topological polar surface area (TPSA) is 86.0 Å². The lowest BCUT2D eigenvalue weighted by atomic mass is 9.86. The van der Waals surface area contributed by atoms with Crippen LogP contribution in [0, 0.1) is 5.82 Å². The Bertz CT molecular complexity index is 976. The number of nitrogens with one attached hydrogen (secondary N) is 1. The molecule has 3 N–H and O–H groups in total. The number of rotatable bonds is 7. The van der Waals surface area contributed by atoms with Gasteiger partial charge in [0.05, 0.1) is 18.8 Å². The lowest BCUT2D eigenvalue weighted by molar-refractivity contribution is -0.114. The van der Waals surface area contributed by atoms with Crippen LogP contribution in [-0.4, -0.2) is 55.8 Å². The van der Waals surface area contributed by atoms with Crippen molar-refractivity contribution < 1.29 is 23.4 Å². The Hall–Kier alpha value is -2.84. The smallest absolute Gasteiger partial charge is 0.221 e. The lowest BCUT2D eigenvalue weighted by Crippen LogP contribution is -2.53. The average molecular weight is 444 g/mol. The van der Waals surface area contributed by atoms with E-state index in [1.54, 1.807) is 37.4 Å². The van der Waals surface area contributed by atoms with Gasteiger partial charge in [-0.3, -0.25) is 9.69 Å². The molecule has 2 heterocycles.